The zero-order chi connectivity index (χ0) is 18.0. The number of hydrogen-bond donors (Lipinski definition) is 2. The number of aromatic nitrogens is 2. The average Bonchev–Trinajstić information content (AvgIpc) is 3.37. The predicted molar refractivity (Wildman–Crippen MR) is 121 cm³/mol. The van der Waals surface area contributed by atoms with E-state index in [-0.39, 0.29) is 24.0 Å². The monoisotopic (exact) mass is 504 g/mol. The van der Waals surface area contributed by atoms with Crippen molar-refractivity contribution in [3.8, 4) is 0 Å². The highest BCUT2D eigenvalue weighted by Gasteiger charge is 2.23. The van der Waals surface area contributed by atoms with Gasteiger partial charge < -0.3 is 15.4 Å². The normalized spacial score (nSPS) is 16.6. The average molecular weight is 504 g/mol. The summed E-state index contributed by atoms with van der Waals surface area (Å²) >= 11 is 1.80. The molecule has 2 aromatic rings. The van der Waals surface area contributed by atoms with Gasteiger partial charge >= 0.3 is 0 Å². The molecule has 1 unspecified atom stereocenters. The molecule has 7 nitrogen and oxygen atoms in total. The van der Waals surface area contributed by atoms with Crippen LogP contribution in [0, 0.1) is 0 Å². The van der Waals surface area contributed by atoms with Gasteiger partial charge in [0.25, 0.3) is 0 Å². The van der Waals surface area contributed by atoms with Gasteiger partial charge in [0.15, 0.2) is 5.96 Å². The molecule has 1 aliphatic rings. The second-order valence-electron chi connectivity index (χ2n) is 6.10. The van der Waals surface area contributed by atoms with Gasteiger partial charge in [-0.25, -0.2) is 0 Å². The van der Waals surface area contributed by atoms with Crippen LogP contribution >= 0.6 is 35.3 Å². The number of aliphatic imine (C=N–C) groups is 1. The van der Waals surface area contributed by atoms with Crippen molar-refractivity contribution in [3.63, 3.8) is 0 Å². The van der Waals surface area contributed by atoms with Crippen molar-refractivity contribution >= 4 is 41.3 Å². The van der Waals surface area contributed by atoms with Gasteiger partial charge in [-0.1, -0.05) is 6.07 Å². The summed E-state index contributed by atoms with van der Waals surface area (Å²) < 4.78 is 7.43. The summed E-state index contributed by atoms with van der Waals surface area (Å²) in [5, 5.41) is 13.1. The maximum Gasteiger partial charge on any atom is 0.191 e. The van der Waals surface area contributed by atoms with Crippen LogP contribution in [0.5, 0.6) is 0 Å². The molecule has 2 N–H and O–H groups in total. The lowest BCUT2D eigenvalue weighted by Gasteiger charge is -2.33. The van der Waals surface area contributed by atoms with Gasteiger partial charge in [0, 0.05) is 43.4 Å². The first-order chi connectivity index (χ1) is 12.9. The van der Waals surface area contributed by atoms with Gasteiger partial charge in [-0.3, -0.25) is 14.6 Å². The van der Waals surface area contributed by atoms with Crippen LogP contribution in [0.25, 0.3) is 0 Å². The molecular formula is C18H29IN6OS. The minimum absolute atomic E-state index is 0. The molecule has 3 heterocycles. The first kappa shape index (κ1) is 22.1. The molecule has 9 heteroatoms. The Morgan fingerprint density at radius 2 is 2.19 bits per heavy atom. The van der Waals surface area contributed by atoms with Gasteiger partial charge in [-0.2, -0.15) is 5.10 Å². The Morgan fingerprint density at radius 1 is 1.33 bits per heavy atom. The lowest BCUT2D eigenvalue weighted by atomic mass is 10.2. The van der Waals surface area contributed by atoms with Crippen molar-refractivity contribution in [2.75, 3.05) is 45.9 Å². The third kappa shape index (κ3) is 7.05. The van der Waals surface area contributed by atoms with Crippen molar-refractivity contribution in [3.05, 3.63) is 40.8 Å². The van der Waals surface area contributed by atoms with E-state index >= 15 is 0 Å². The van der Waals surface area contributed by atoms with Crippen LogP contribution in [0.1, 0.15) is 17.8 Å². The third-order valence-corrected chi connectivity index (χ3v) is 5.29. The highest BCUT2D eigenvalue weighted by molar-refractivity contribution is 14.0. The van der Waals surface area contributed by atoms with Crippen molar-refractivity contribution < 1.29 is 4.74 Å². The molecule has 1 aliphatic heterocycles. The molecule has 0 bridgehead atoms. The molecule has 0 radical (unpaired) electrons. The van der Waals surface area contributed by atoms with E-state index in [0.717, 1.165) is 58.4 Å². The summed E-state index contributed by atoms with van der Waals surface area (Å²) in [6.07, 6.45) is 3.77. The van der Waals surface area contributed by atoms with Gasteiger partial charge in [-0.15, -0.1) is 35.3 Å². The third-order valence-electron chi connectivity index (χ3n) is 4.32. The second kappa shape index (κ2) is 12.3. The first-order valence-electron chi connectivity index (χ1n) is 9.21. The van der Waals surface area contributed by atoms with Crippen LogP contribution in [-0.4, -0.2) is 66.6 Å². The van der Waals surface area contributed by atoms with Gasteiger partial charge in [-0.05, 0) is 24.4 Å². The van der Waals surface area contributed by atoms with E-state index in [1.807, 2.05) is 16.9 Å². The number of nitrogens with one attached hydrogen (secondary N) is 2. The highest BCUT2D eigenvalue weighted by atomic mass is 127. The first-order valence-corrected chi connectivity index (χ1v) is 10.1. The van der Waals surface area contributed by atoms with E-state index in [0.29, 0.717) is 6.04 Å². The Balaban J connectivity index is 0.00000261. The molecule has 1 atom stereocenters. The summed E-state index contributed by atoms with van der Waals surface area (Å²) in [6.45, 7) is 8.78. The minimum Gasteiger partial charge on any atom is -0.379 e. The van der Waals surface area contributed by atoms with Crippen molar-refractivity contribution in [2.45, 2.75) is 19.5 Å². The lowest BCUT2D eigenvalue weighted by molar-refractivity contribution is 0.0186. The van der Waals surface area contributed by atoms with Crippen LogP contribution in [0.4, 0.5) is 0 Å². The number of rotatable bonds is 8. The molecule has 0 aliphatic carbocycles. The second-order valence-corrected chi connectivity index (χ2v) is 7.07. The van der Waals surface area contributed by atoms with Crippen molar-refractivity contribution in [1.29, 1.82) is 0 Å². The summed E-state index contributed by atoms with van der Waals surface area (Å²) in [7, 11) is 0. The predicted octanol–water partition coefficient (Wildman–Crippen LogP) is 2.19. The SMILES string of the molecule is CCNC(=NCC(c1cccs1)N1CCOCC1)NCCn1cccn1.I. The van der Waals surface area contributed by atoms with E-state index < -0.39 is 0 Å². The Morgan fingerprint density at radius 3 is 2.85 bits per heavy atom. The topological polar surface area (TPSA) is 66.7 Å². The van der Waals surface area contributed by atoms with E-state index in [2.05, 4.69) is 45.1 Å². The minimum atomic E-state index is 0. The lowest BCUT2D eigenvalue weighted by Crippen LogP contribution is -2.42. The van der Waals surface area contributed by atoms with Crippen LogP contribution in [0.2, 0.25) is 0 Å². The molecule has 0 aromatic carbocycles. The number of nitrogens with zero attached hydrogens (tertiary/aromatic N) is 4. The number of halogens is 1. The van der Waals surface area contributed by atoms with Gasteiger partial charge in [0.05, 0.1) is 32.3 Å². The summed E-state index contributed by atoms with van der Waals surface area (Å²) in [6, 6.07) is 6.57. The number of hydrogen-bond acceptors (Lipinski definition) is 5. The Bertz CT molecular complexity index is 643. The zero-order valence-corrected chi connectivity index (χ0v) is 18.9. The van der Waals surface area contributed by atoms with E-state index in [4.69, 9.17) is 9.73 Å². The largest absolute Gasteiger partial charge is 0.379 e. The van der Waals surface area contributed by atoms with E-state index in [1.54, 1.807) is 17.5 Å². The van der Waals surface area contributed by atoms with E-state index in [9.17, 15) is 0 Å². The molecule has 0 amide bonds. The molecule has 3 rings (SSSR count). The zero-order valence-electron chi connectivity index (χ0n) is 15.7. The number of guanidine groups is 1. The Hall–Kier alpha value is -1.17. The van der Waals surface area contributed by atoms with Crippen LogP contribution in [0.3, 0.4) is 0 Å². The quantitative estimate of drug-likeness (QED) is 0.328. The number of ether oxygens (including phenoxy) is 1. The molecule has 1 fully saturated rings. The smallest absolute Gasteiger partial charge is 0.191 e. The van der Waals surface area contributed by atoms with E-state index in [1.165, 1.54) is 4.88 Å². The molecule has 27 heavy (non-hydrogen) atoms. The van der Waals surface area contributed by atoms with Crippen molar-refractivity contribution in [2.24, 2.45) is 4.99 Å². The van der Waals surface area contributed by atoms with Crippen molar-refractivity contribution in [1.82, 2.24) is 25.3 Å². The van der Waals surface area contributed by atoms with Crippen LogP contribution in [0.15, 0.2) is 41.0 Å². The van der Waals surface area contributed by atoms with Gasteiger partial charge in [0.2, 0.25) is 0 Å². The molecular weight excluding hydrogens is 475 g/mol. The summed E-state index contributed by atoms with van der Waals surface area (Å²) in [4.78, 5) is 8.69. The number of thiophene rings is 1. The maximum absolute atomic E-state index is 5.51. The number of morpholine rings is 1. The summed E-state index contributed by atoms with van der Waals surface area (Å²) in [5.41, 5.74) is 0. The molecule has 150 valence electrons. The molecule has 2 aromatic heterocycles. The maximum atomic E-state index is 5.51. The highest BCUT2D eigenvalue weighted by Crippen LogP contribution is 2.26. The molecule has 0 saturated carbocycles. The fourth-order valence-corrected chi connectivity index (χ4v) is 3.85. The van der Waals surface area contributed by atoms with Crippen LogP contribution < -0.4 is 10.6 Å². The molecule has 1 saturated heterocycles. The molecule has 0 spiro atoms. The standard InChI is InChI=1S/C18H28N6OS.HI/c1-2-19-18(20-7-9-24-8-4-6-22-24)21-15-16(17-5-3-14-26-17)23-10-12-25-13-11-23;/h3-6,8,14,16H,2,7,9-13,15H2,1H3,(H2,19,20,21);1H. The fourth-order valence-electron chi connectivity index (χ4n) is 3.00. The summed E-state index contributed by atoms with van der Waals surface area (Å²) in [5.74, 6) is 0.856. The van der Waals surface area contributed by atoms with Gasteiger partial charge in [0.1, 0.15) is 0 Å². The fraction of sp³-hybridized carbons (Fsp3) is 0.556. The Kier molecular flexibility index (Phi) is 10.1. The Labute approximate surface area is 182 Å². The van der Waals surface area contributed by atoms with Crippen LogP contribution in [-0.2, 0) is 11.3 Å².